The molecule has 1 heterocycles. The van der Waals surface area contributed by atoms with Crippen molar-refractivity contribution in [2.75, 3.05) is 26.8 Å². The first-order valence-corrected chi connectivity index (χ1v) is 12.9. The van der Waals surface area contributed by atoms with Crippen molar-refractivity contribution in [1.82, 2.24) is 4.90 Å². The molecule has 1 saturated carbocycles. The van der Waals surface area contributed by atoms with Crippen LogP contribution in [-0.4, -0.2) is 60.5 Å². The fourth-order valence-corrected chi connectivity index (χ4v) is 6.87. The minimum absolute atomic E-state index is 0.106. The monoisotopic (exact) mass is 507 g/mol. The van der Waals surface area contributed by atoms with Crippen LogP contribution in [0.15, 0.2) is 71.7 Å². The van der Waals surface area contributed by atoms with Crippen LogP contribution in [0.2, 0.25) is 0 Å². The maximum atomic E-state index is 13.9. The van der Waals surface area contributed by atoms with Gasteiger partial charge in [-0.25, -0.2) is 4.79 Å². The van der Waals surface area contributed by atoms with Crippen LogP contribution >= 0.6 is 0 Å². The van der Waals surface area contributed by atoms with Crippen molar-refractivity contribution < 1.29 is 29.0 Å². The maximum Gasteiger partial charge on any atom is 0.340 e. The van der Waals surface area contributed by atoms with Crippen LogP contribution in [0.3, 0.4) is 0 Å². The molecule has 1 N–H and O–H groups in total. The first-order valence-electron chi connectivity index (χ1n) is 12.9. The average molecular weight is 508 g/mol. The highest BCUT2D eigenvalue weighted by Gasteiger charge is 2.59. The molecular formula is C30H37NO6. The van der Waals surface area contributed by atoms with E-state index in [2.05, 4.69) is 19.7 Å². The molecule has 198 valence electrons. The van der Waals surface area contributed by atoms with Gasteiger partial charge < -0.3 is 19.5 Å². The van der Waals surface area contributed by atoms with Crippen molar-refractivity contribution in [1.29, 1.82) is 0 Å². The zero-order valence-electron chi connectivity index (χ0n) is 22.0. The van der Waals surface area contributed by atoms with E-state index in [9.17, 15) is 19.5 Å². The molecule has 4 aliphatic rings. The maximum absolute atomic E-state index is 13.9. The summed E-state index contributed by atoms with van der Waals surface area (Å²) in [6.07, 6.45) is 6.46. The first kappa shape index (κ1) is 26.9. The Morgan fingerprint density at radius 1 is 1.22 bits per heavy atom. The average Bonchev–Trinajstić information content (AvgIpc) is 3.12. The fourth-order valence-electron chi connectivity index (χ4n) is 6.87. The highest BCUT2D eigenvalue weighted by molar-refractivity contribution is 6.13. The molecule has 0 aromatic heterocycles. The van der Waals surface area contributed by atoms with Crippen molar-refractivity contribution in [2.45, 2.75) is 45.6 Å². The van der Waals surface area contributed by atoms with Crippen molar-refractivity contribution >= 4 is 17.5 Å². The number of hydrogen-bond acceptors (Lipinski definition) is 7. The number of cyclic esters (lactones) is 1. The van der Waals surface area contributed by atoms with E-state index in [-0.39, 0.29) is 35.4 Å². The summed E-state index contributed by atoms with van der Waals surface area (Å²) in [4.78, 5) is 42.1. The van der Waals surface area contributed by atoms with E-state index < -0.39 is 34.9 Å². The van der Waals surface area contributed by atoms with Crippen molar-refractivity contribution in [2.24, 2.45) is 23.2 Å². The first-order chi connectivity index (χ1) is 17.6. The van der Waals surface area contributed by atoms with Gasteiger partial charge in [-0.3, -0.25) is 9.59 Å². The Hall–Kier alpha value is -3.19. The number of carbonyl (C=O) groups excluding carboxylic acids is 3. The highest BCUT2D eigenvalue weighted by atomic mass is 16.6. The Balaban J connectivity index is 1.95. The Labute approximate surface area is 218 Å². The molecular weight excluding hydrogens is 470 g/mol. The molecule has 2 fully saturated rings. The molecule has 4 rings (SSSR count). The molecule has 0 aromatic rings. The number of hydrogen-bond donors (Lipinski definition) is 1. The zero-order chi connectivity index (χ0) is 27.1. The zero-order valence-corrected chi connectivity index (χ0v) is 22.0. The standard InChI is InChI=1S/C30H37NO6/c1-7-11-31(12-8-2)15-19-24-26(21(16-36-6)37-29(19)35)23-18(13-17(3)4)14-30(5)20(9-10-22(30)32)25(23)28(34)27(24)33/h7-8,15,18,20-21,26,33H,1-3,9-14,16H2,4-6H3/b19-15-/t18-,20?,21?,26?,30+/m1/s1. The largest absolute Gasteiger partial charge is 0.504 e. The van der Waals surface area contributed by atoms with Gasteiger partial charge in [0.05, 0.1) is 18.1 Å². The molecule has 0 spiro atoms. The molecule has 37 heavy (non-hydrogen) atoms. The van der Waals surface area contributed by atoms with Gasteiger partial charge in [0.15, 0.2) is 5.76 Å². The number of esters is 1. The van der Waals surface area contributed by atoms with Gasteiger partial charge in [-0.05, 0) is 37.7 Å². The van der Waals surface area contributed by atoms with Crippen LogP contribution in [0.25, 0.3) is 0 Å². The summed E-state index contributed by atoms with van der Waals surface area (Å²) in [6, 6.07) is 0. The van der Waals surface area contributed by atoms with E-state index in [4.69, 9.17) is 9.47 Å². The van der Waals surface area contributed by atoms with Gasteiger partial charge in [0.25, 0.3) is 0 Å². The number of methoxy groups -OCH3 is 1. The van der Waals surface area contributed by atoms with E-state index in [1.807, 2.05) is 18.7 Å². The second-order valence-electron chi connectivity index (χ2n) is 10.9. The summed E-state index contributed by atoms with van der Waals surface area (Å²) >= 11 is 0. The lowest BCUT2D eigenvalue weighted by Gasteiger charge is -2.49. The Morgan fingerprint density at radius 3 is 2.49 bits per heavy atom. The van der Waals surface area contributed by atoms with Crippen LogP contribution in [-0.2, 0) is 23.9 Å². The number of aliphatic hydroxyl groups excluding tert-OH is 1. The van der Waals surface area contributed by atoms with E-state index in [0.29, 0.717) is 44.3 Å². The third-order valence-corrected chi connectivity index (χ3v) is 8.30. The van der Waals surface area contributed by atoms with Gasteiger partial charge in [0.1, 0.15) is 11.9 Å². The molecule has 7 heteroatoms. The third kappa shape index (κ3) is 4.43. The number of allylic oxidation sites excluding steroid dienone is 2. The lowest BCUT2D eigenvalue weighted by atomic mass is 9.55. The van der Waals surface area contributed by atoms with Crippen LogP contribution in [0.4, 0.5) is 0 Å². The Kier molecular flexibility index (Phi) is 7.47. The van der Waals surface area contributed by atoms with Gasteiger partial charge in [-0.15, -0.1) is 19.7 Å². The van der Waals surface area contributed by atoms with E-state index >= 15 is 0 Å². The van der Waals surface area contributed by atoms with Gasteiger partial charge in [0, 0.05) is 55.3 Å². The molecule has 1 aliphatic heterocycles. The predicted molar refractivity (Wildman–Crippen MR) is 140 cm³/mol. The van der Waals surface area contributed by atoms with Crippen LogP contribution in [0.1, 0.15) is 39.5 Å². The van der Waals surface area contributed by atoms with Crippen LogP contribution in [0, 0.1) is 23.2 Å². The fraction of sp³-hybridized carbons (Fsp3) is 0.500. The summed E-state index contributed by atoms with van der Waals surface area (Å²) in [6.45, 7) is 16.5. The molecule has 0 bridgehead atoms. The summed E-state index contributed by atoms with van der Waals surface area (Å²) in [7, 11) is 1.53. The van der Waals surface area contributed by atoms with Crippen LogP contribution in [0.5, 0.6) is 0 Å². The molecule has 3 unspecified atom stereocenters. The number of fused-ring (bicyclic) bond motifs is 4. The van der Waals surface area contributed by atoms with Gasteiger partial charge in [-0.1, -0.05) is 24.6 Å². The quantitative estimate of drug-likeness (QED) is 0.281. The molecule has 1 saturated heterocycles. The van der Waals surface area contributed by atoms with Crippen molar-refractivity contribution in [3.05, 3.63) is 71.7 Å². The lowest BCUT2D eigenvalue weighted by molar-refractivity contribution is -0.151. The number of aliphatic hydroxyl groups is 1. The minimum atomic E-state index is -0.716. The summed E-state index contributed by atoms with van der Waals surface area (Å²) in [5.74, 6) is -2.39. The van der Waals surface area contributed by atoms with Gasteiger partial charge >= 0.3 is 5.97 Å². The topological polar surface area (TPSA) is 93.1 Å². The van der Waals surface area contributed by atoms with Gasteiger partial charge in [-0.2, -0.15) is 0 Å². The second kappa shape index (κ2) is 10.3. The second-order valence-corrected chi connectivity index (χ2v) is 10.9. The Bertz CT molecular complexity index is 1150. The van der Waals surface area contributed by atoms with Gasteiger partial charge in [0.2, 0.25) is 5.78 Å². The van der Waals surface area contributed by atoms with E-state index in [1.165, 1.54) is 7.11 Å². The normalized spacial score (nSPS) is 32.1. The summed E-state index contributed by atoms with van der Waals surface area (Å²) in [5.41, 5.74) is 2.06. The number of ether oxygens (including phenoxy) is 2. The molecule has 0 radical (unpaired) electrons. The predicted octanol–water partition coefficient (Wildman–Crippen LogP) is 4.40. The van der Waals surface area contributed by atoms with Crippen LogP contribution < -0.4 is 0 Å². The molecule has 5 atom stereocenters. The van der Waals surface area contributed by atoms with Crippen molar-refractivity contribution in [3.63, 3.8) is 0 Å². The highest BCUT2D eigenvalue weighted by Crippen LogP contribution is 2.60. The van der Waals surface area contributed by atoms with Crippen molar-refractivity contribution in [3.8, 4) is 0 Å². The summed E-state index contributed by atoms with van der Waals surface area (Å²) in [5, 5.41) is 11.4. The summed E-state index contributed by atoms with van der Waals surface area (Å²) < 4.78 is 11.4. The van der Waals surface area contributed by atoms with E-state index in [0.717, 1.165) is 11.1 Å². The lowest BCUT2D eigenvalue weighted by Crippen LogP contribution is -2.49. The molecule has 7 nitrogen and oxygen atoms in total. The number of nitrogens with zero attached hydrogens (tertiary/aromatic N) is 1. The number of ketones is 2. The molecule has 0 aromatic carbocycles. The van der Waals surface area contributed by atoms with E-state index in [1.54, 1.807) is 18.4 Å². The number of carbonyl (C=O) groups is 3. The Morgan fingerprint density at radius 2 is 1.89 bits per heavy atom. The number of rotatable bonds is 9. The third-order valence-electron chi connectivity index (χ3n) is 8.30. The number of Topliss-reactive ketones (excluding diaryl/α,β-unsaturated/α-hetero) is 2. The molecule has 0 amide bonds. The molecule has 3 aliphatic carbocycles. The SMILES string of the molecule is C=CCN(/C=C1\C(=O)OC(COC)C2C1=C(O)C(=O)C1=C2[C@H](CC(=C)C)C[C@]2(C)C(=O)CCC12)CC=C. The smallest absolute Gasteiger partial charge is 0.340 e. The minimum Gasteiger partial charge on any atom is -0.504 e.